The molecule has 2 aliphatic rings. The predicted molar refractivity (Wildman–Crippen MR) is 280 cm³/mol. The van der Waals surface area contributed by atoms with Crippen LogP contribution in [0.2, 0.25) is 0 Å². The van der Waals surface area contributed by atoms with Crippen LogP contribution in [0.1, 0.15) is 22.3 Å². The van der Waals surface area contributed by atoms with E-state index in [1.54, 1.807) is 0 Å². The first-order valence-corrected chi connectivity index (χ1v) is 22.9. The Balaban J connectivity index is 0.960. The highest BCUT2D eigenvalue weighted by Crippen LogP contribution is 2.57. The molecule has 0 N–H and O–H groups in total. The highest BCUT2D eigenvalue weighted by molar-refractivity contribution is 5.99. The van der Waals surface area contributed by atoms with E-state index in [-0.39, 0.29) is 0 Å². The average Bonchev–Trinajstić information content (AvgIpc) is 3.71. The third-order valence-electron chi connectivity index (χ3n) is 13.4. The molecule has 0 saturated carbocycles. The fraction of sp³-hybridized carbons (Fsp3) is 0.0154. The minimum atomic E-state index is -0.558. The first kappa shape index (κ1) is 39.7. The smallest absolute Gasteiger partial charge is 0.0720 e. The standard InChI is InChI=1S/C65H44N2/c1-5-18-47(19-6-1)48-32-38-55(39-33-48)66(58-44-45-61-60-29-15-16-30-62(60)65(63(61)46-58,52-22-7-2-8-23-52)53-24-9-3-10-25-53)56-40-34-49(35-41-56)50-36-42-57(43-37-50)67(54-26-11-4-12-27-54)64-31-17-21-51-20-13-14-28-59(51)64/h1-14,17-46H. The maximum absolute atomic E-state index is 3.34. The van der Waals surface area contributed by atoms with Crippen molar-refractivity contribution in [1.29, 1.82) is 0 Å². The highest BCUT2D eigenvalue weighted by Gasteiger charge is 2.47. The van der Waals surface area contributed by atoms with Crippen LogP contribution in [0.4, 0.5) is 34.1 Å². The number of hydrogen-bond donors (Lipinski definition) is 0. The van der Waals surface area contributed by atoms with E-state index in [0.29, 0.717) is 0 Å². The SMILES string of the molecule is C1=C=CC2=C(C=1)c1ccc(N(c3ccc(-c4ccccc4)cc3)c3ccc(-c4ccc(N(c5ccccc5)c5cccc6ccccc56)cc4)cc3)cc1C2(c1ccccc1)c1ccccc1. The highest BCUT2D eigenvalue weighted by atomic mass is 15.1. The van der Waals surface area contributed by atoms with Crippen LogP contribution >= 0.6 is 0 Å². The van der Waals surface area contributed by atoms with Crippen molar-refractivity contribution in [2.45, 2.75) is 5.41 Å². The number of anilines is 6. The maximum Gasteiger partial charge on any atom is 0.0720 e. The Hall–Kier alpha value is -8.90. The van der Waals surface area contributed by atoms with E-state index >= 15 is 0 Å². The molecule has 0 aliphatic heterocycles. The molecule has 314 valence electrons. The van der Waals surface area contributed by atoms with Crippen LogP contribution in [0.5, 0.6) is 0 Å². The molecule has 0 saturated heterocycles. The largest absolute Gasteiger partial charge is 0.310 e. The van der Waals surface area contributed by atoms with Gasteiger partial charge in [0.15, 0.2) is 0 Å². The molecule has 2 nitrogen and oxygen atoms in total. The van der Waals surface area contributed by atoms with Crippen molar-refractivity contribution >= 4 is 50.5 Å². The molecule has 0 spiro atoms. The molecule has 0 amide bonds. The van der Waals surface area contributed by atoms with Gasteiger partial charge in [0.2, 0.25) is 0 Å². The monoisotopic (exact) mass is 852 g/mol. The number of fused-ring (bicyclic) bond motifs is 3. The van der Waals surface area contributed by atoms with Gasteiger partial charge in [-0.15, -0.1) is 0 Å². The summed E-state index contributed by atoms with van der Waals surface area (Å²) in [5.74, 6) is 0. The van der Waals surface area contributed by atoms with Crippen molar-refractivity contribution in [3.63, 3.8) is 0 Å². The topological polar surface area (TPSA) is 6.48 Å². The molecular formula is C65H44N2. The number of benzene rings is 10. The van der Waals surface area contributed by atoms with Crippen LogP contribution in [0, 0.1) is 0 Å². The minimum Gasteiger partial charge on any atom is -0.310 e. The predicted octanol–water partition coefficient (Wildman–Crippen LogP) is 17.1. The van der Waals surface area contributed by atoms with Crippen molar-refractivity contribution in [2.24, 2.45) is 0 Å². The molecule has 10 aromatic carbocycles. The second kappa shape index (κ2) is 16.9. The first-order chi connectivity index (χ1) is 33.2. The Morgan fingerprint density at radius 2 is 0.776 bits per heavy atom. The minimum absolute atomic E-state index is 0.558. The number of rotatable bonds is 10. The van der Waals surface area contributed by atoms with Crippen LogP contribution in [0.3, 0.4) is 0 Å². The van der Waals surface area contributed by atoms with Gasteiger partial charge in [0.1, 0.15) is 0 Å². The number of allylic oxidation sites excluding steroid dienone is 4. The molecule has 0 bridgehead atoms. The van der Waals surface area contributed by atoms with Crippen molar-refractivity contribution in [3.8, 4) is 22.3 Å². The zero-order valence-corrected chi connectivity index (χ0v) is 36.8. The molecular weight excluding hydrogens is 809 g/mol. The molecule has 0 fully saturated rings. The Kier molecular flexibility index (Phi) is 10.0. The summed E-state index contributed by atoms with van der Waals surface area (Å²) in [6.07, 6.45) is 4.25. The van der Waals surface area contributed by atoms with Gasteiger partial charge < -0.3 is 9.80 Å². The summed E-state index contributed by atoms with van der Waals surface area (Å²) in [6.45, 7) is 0. The van der Waals surface area contributed by atoms with Crippen LogP contribution in [-0.4, -0.2) is 0 Å². The lowest BCUT2D eigenvalue weighted by Gasteiger charge is -2.35. The van der Waals surface area contributed by atoms with E-state index in [0.717, 1.165) is 45.3 Å². The number of nitrogens with zero attached hydrogens (tertiary/aromatic N) is 2. The van der Waals surface area contributed by atoms with E-state index in [9.17, 15) is 0 Å². The van der Waals surface area contributed by atoms with Gasteiger partial charge in [0.05, 0.1) is 11.1 Å². The molecule has 0 radical (unpaired) electrons. The summed E-state index contributed by atoms with van der Waals surface area (Å²) in [4.78, 5) is 4.75. The number of para-hydroxylation sites is 1. The molecule has 0 unspecified atom stereocenters. The zero-order valence-electron chi connectivity index (χ0n) is 36.8. The van der Waals surface area contributed by atoms with E-state index < -0.39 is 5.41 Å². The molecule has 10 aromatic rings. The van der Waals surface area contributed by atoms with E-state index in [1.165, 1.54) is 55.3 Å². The Morgan fingerprint density at radius 3 is 1.37 bits per heavy atom. The summed E-state index contributed by atoms with van der Waals surface area (Å²) in [5.41, 5.74) is 24.6. The summed E-state index contributed by atoms with van der Waals surface area (Å²) in [7, 11) is 0. The number of hydrogen-bond acceptors (Lipinski definition) is 2. The Morgan fingerprint density at radius 1 is 0.328 bits per heavy atom. The van der Waals surface area contributed by atoms with Gasteiger partial charge in [0, 0.05) is 33.8 Å². The Labute approximate surface area is 392 Å². The lowest BCUT2D eigenvalue weighted by molar-refractivity contribution is 0.761. The van der Waals surface area contributed by atoms with Crippen molar-refractivity contribution in [2.75, 3.05) is 9.80 Å². The fourth-order valence-electron chi connectivity index (χ4n) is 10.3. The molecule has 2 heteroatoms. The van der Waals surface area contributed by atoms with Crippen molar-refractivity contribution in [1.82, 2.24) is 0 Å². The van der Waals surface area contributed by atoms with Gasteiger partial charge in [-0.2, -0.15) is 0 Å². The van der Waals surface area contributed by atoms with Crippen LogP contribution in [0.25, 0.3) is 38.6 Å². The van der Waals surface area contributed by atoms with Gasteiger partial charge in [-0.25, -0.2) is 0 Å². The van der Waals surface area contributed by atoms with Gasteiger partial charge in [-0.1, -0.05) is 200 Å². The quantitative estimate of drug-likeness (QED) is 0.127. The summed E-state index contributed by atoms with van der Waals surface area (Å²) >= 11 is 0. The zero-order chi connectivity index (χ0) is 44.6. The third kappa shape index (κ3) is 6.94. The van der Waals surface area contributed by atoms with E-state index in [2.05, 4.69) is 288 Å². The first-order valence-electron chi connectivity index (χ1n) is 22.9. The molecule has 2 aliphatic carbocycles. The molecule has 67 heavy (non-hydrogen) atoms. The van der Waals surface area contributed by atoms with Gasteiger partial charge in [-0.3, -0.25) is 0 Å². The van der Waals surface area contributed by atoms with Crippen molar-refractivity contribution < 1.29 is 0 Å². The maximum atomic E-state index is 3.34. The Bertz CT molecular complexity index is 3500. The second-order valence-corrected chi connectivity index (χ2v) is 17.1. The molecule has 0 aromatic heterocycles. The molecule has 12 rings (SSSR count). The van der Waals surface area contributed by atoms with Crippen LogP contribution in [0.15, 0.2) is 284 Å². The van der Waals surface area contributed by atoms with Crippen molar-refractivity contribution in [3.05, 3.63) is 306 Å². The molecule has 0 atom stereocenters. The normalized spacial score (nSPS) is 13.1. The van der Waals surface area contributed by atoms with Gasteiger partial charge >= 0.3 is 0 Å². The van der Waals surface area contributed by atoms with Crippen LogP contribution < -0.4 is 9.80 Å². The van der Waals surface area contributed by atoms with Gasteiger partial charge in [-0.05, 0) is 140 Å². The summed E-state index contributed by atoms with van der Waals surface area (Å²) < 4.78 is 0. The van der Waals surface area contributed by atoms with Gasteiger partial charge in [0.25, 0.3) is 0 Å². The van der Waals surface area contributed by atoms with E-state index in [1.807, 2.05) is 0 Å². The molecule has 0 heterocycles. The van der Waals surface area contributed by atoms with E-state index in [4.69, 9.17) is 0 Å². The lowest BCUT2D eigenvalue weighted by atomic mass is 9.66. The second-order valence-electron chi connectivity index (χ2n) is 17.1. The average molecular weight is 853 g/mol. The summed E-state index contributed by atoms with van der Waals surface area (Å²) in [6, 6.07) is 92.2. The van der Waals surface area contributed by atoms with Crippen LogP contribution in [-0.2, 0) is 5.41 Å². The lowest BCUT2D eigenvalue weighted by Crippen LogP contribution is -2.29. The summed E-state index contributed by atoms with van der Waals surface area (Å²) in [5, 5.41) is 2.43. The third-order valence-corrected chi connectivity index (χ3v) is 13.4. The fourth-order valence-corrected chi connectivity index (χ4v) is 10.3.